The smallest absolute Gasteiger partial charge is 0.242 e. The summed E-state index contributed by atoms with van der Waals surface area (Å²) in [4.78, 5) is 12.9. The fourth-order valence-electron chi connectivity index (χ4n) is 3.19. The van der Waals surface area contributed by atoms with Crippen LogP contribution in [-0.4, -0.2) is 70.1 Å². The molecular formula is C20H27FN6O2S. The number of aromatic nitrogens is 1. The molecule has 0 amide bonds. The summed E-state index contributed by atoms with van der Waals surface area (Å²) in [5.41, 5.74) is 1.00. The molecule has 0 saturated carbocycles. The van der Waals surface area contributed by atoms with Crippen LogP contribution in [0.5, 0.6) is 0 Å². The molecule has 2 heterocycles. The second-order valence-electron chi connectivity index (χ2n) is 6.77. The molecule has 0 spiro atoms. The van der Waals surface area contributed by atoms with Crippen LogP contribution < -0.4 is 14.9 Å². The van der Waals surface area contributed by atoms with E-state index in [1.807, 2.05) is 6.92 Å². The lowest BCUT2D eigenvalue weighted by Gasteiger charge is -2.37. The first-order chi connectivity index (χ1) is 14.5. The van der Waals surface area contributed by atoms with E-state index in [2.05, 4.69) is 29.8 Å². The second kappa shape index (κ2) is 10.4. The van der Waals surface area contributed by atoms with Crippen LogP contribution in [0.2, 0.25) is 0 Å². The molecule has 162 valence electrons. The Morgan fingerprint density at radius 2 is 1.90 bits per heavy atom. The highest BCUT2D eigenvalue weighted by atomic mass is 32.2. The lowest BCUT2D eigenvalue weighted by atomic mass is 10.2. The number of sulfonamides is 1. The van der Waals surface area contributed by atoms with Crippen molar-refractivity contribution in [2.75, 3.05) is 50.7 Å². The third kappa shape index (κ3) is 5.90. The number of benzene rings is 1. The number of hydrogen-bond donors (Lipinski definition) is 2. The predicted molar refractivity (Wildman–Crippen MR) is 116 cm³/mol. The van der Waals surface area contributed by atoms with E-state index in [4.69, 9.17) is 0 Å². The maximum absolute atomic E-state index is 13.1. The van der Waals surface area contributed by atoms with E-state index < -0.39 is 10.0 Å². The number of pyridine rings is 1. The van der Waals surface area contributed by atoms with E-state index in [1.165, 1.54) is 30.6 Å². The summed E-state index contributed by atoms with van der Waals surface area (Å²) in [6.07, 6.45) is 2.85. The molecule has 10 heteroatoms. The normalized spacial score (nSPS) is 15.3. The average molecular weight is 435 g/mol. The standard InChI is InChI=1S/C20H27FN6O2S/c1-2-23-20(24-10-11-25-30(28,29)19-4-3-9-22-16-19)27-14-12-26(13-15-27)18-7-5-17(21)6-8-18/h3-9,16,25H,2,10-15H2,1H3,(H,23,24). The highest BCUT2D eigenvalue weighted by molar-refractivity contribution is 7.89. The van der Waals surface area contributed by atoms with Gasteiger partial charge in [0, 0.05) is 57.3 Å². The molecule has 2 aromatic rings. The number of halogens is 1. The second-order valence-corrected chi connectivity index (χ2v) is 8.54. The summed E-state index contributed by atoms with van der Waals surface area (Å²) >= 11 is 0. The van der Waals surface area contributed by atoms with Crippen LogP contribution >= 0.6 is 0 Å². The number of nitrogens with zero attached hydrogens (tertiary/aromatic N) is 4. The number of piperazine rings is 1. The van der Waals surface area contributed by atoms with Crippen LogP contribution in [-0.2, 0) is 10.0 Å². The predicted octanol–water partition coefficient (Wildman–Crippen LogP) is 1.29. The molecule has 30 heavy (non-hydrogen) atoms. The van der Waals surface area contributed by atoms with Gasteiger partial charge < -0.3 is 15.1 Å². The van der Waals surface area contributed by atoms with Crippen molar-refractivity contribution >= 4 is 21.7 Å². The maximum Gasteiger partial charge on any atom is 0.242 e. The summed E-state index contributed by atoms with van der Waals surface area (Å²) in [5.74, 6) is 0.523. The molecule has 2 N–H and O–H groups in total. The van der Waals surface area contributed by atoms with Crippen molar-refractivity contribution in [1.82, 2.24) is 19.9 Å². The molecule has 1 aromatic carbocycles. The van der Waals surface area contributed by atoms with E-state index in [0.717, 1.165) is 44.4 Å². The summed E-state index contributed by atoms with van der Waals surface area (Å²) < 4.78 is 40.2. The van der Waals surface area contributed by atoms with E-state index >= 15 is 0 Å². The molecule has 0 aliphatic carbocycles. The molecule has 0 radical (unpaired) electrons. The van der Waals surface area contributed by atoms with Crippen LogP contribution in [0, 0.1) is 5.82 Å². The zero-order chi connectivity index (χ0) is 21.4. The van der Waals surface area contributed by atoms with Gasteiger partial charge in [0.05, 0.1) is 6.54 Å². The fraction of sp³-hybridized carbons (Fsp3) is 0.400. The quantitative estimate of drug-likeness (QED) is 0.388. The molecule has 0 unspecified atom stereocenters. The maximum atomic E-state index is 13.1. The molecule has 1 aromatic heterocycles. The number of anilines is 1. The summed E-state index contributed by atoms with van der Waals surface area (Å²) in [5, 5.41) is 3.26. The molecule has 1 aliphatic rings. The van der Waals surface area contributed by atoms with Gasteiger partial charge in [0.1, 0.15) is 10.7 Å². The number of rotatable bonds is 7. The number of guanidine groups is 1. The molecule has 0 bridgehead atoms. The highest BCUT2D eigenvalue weighted by Crippen LogP contribution is 2.17. The summed E-state index contributed by atoms with van der Waals surface area (Å²) in [7, 11) is -3.59. The fourth-order valence-corrected chi connectivity index (χ4v) is 4.17. The molecule has 0 atom stereocenters. The van der Waals surface area contributed by atoms with Crippen molar-refractivity contribution < 1.29 is 12.8 Å². The van der Waals surface area contributed by atoms with Gasteiger partial charge in [-0.2, -0.15) is 0 Å². The van der Waals surface area contributed by atoms with Crippen molar-refractivity contribution in [1.29, 1.82) is 0 Å². The van der Waals surface area contributed by atoms with Crippen LogP contribution in [0.15, 0.2) is 58.7 Å². The largest absolute Gasteiger partial charge is 0.368 e. The van der Waals surface area contributed by atoms with E-state index in [-0.39, 0.29) is 17.3 Å². The average Bonchev–Trinajstić information content (AvgIpc) is 2.77. The topological polar surface area (TPSA) is 89.9 Å². The van der Waals surface area contributed by atoms with Crippen LogP contribution in [0.1, 0.15) is 6.92 Å². The Labute approximate surface area is 176 Å². The van der Waals surface area contributed by atoms with E-state index in [0.29, 0.717) is 6.54 Å². The van der Waals surface area contributed by atoms with E-state index in [9.17, 15) is 12.8 Å². The summed E-state index contributed by atoms with van der Waals surface area (Å²) in [6.45, 7) is 6.36. The van der Waals surface area contributed by atoms with E-state index in [1.54, 1.807) is 18.2 Å². The Balaban J connectivity index is 1.53. The highest BCUT2D eigenvalue weighted by Gasteiger charge is 2.20. The third-order valence-corrected chi connectivity index (χ3v) is 6.16. The van der Waals surface area contributed by atoms with Gasteiger partial charge >= 0.3 is 0 Å². The lowest BCUT2D eigenvalue weighted by molar-refractivity contribution is 0.372. The Morgan fingerprint density at radius 3 is 2.53 bits per heavy atom. The molecule has 1 fully saturated rings. The SMILES string of the molecule is CCNC(=NCCNS(=O)(=O)c1cccnc1)N1CCN(c2ccc(F)cc2)CC1. The third-order valence-electron chi connectivity index (χ3n) is 4.72. The zero-order valence-corrected chi connectivity index (χ0v) is 17.8. The van der Waals surface area contributed by atoms with Crippen molar-refractivity contribution in [2.45, 2.75) is 11.8 Å². The number of hydrogen-bond acceptors (Lipinski definition) is 5. The minimum atomic E-state index is -3.59. The van der Waals surface area contributed by atoms with Crippen molar-refractivity contribution in [3.63, 3.8) is 0 Å². The van der Waals surface area contributed by atoms with Crippen molar-refractivity contribution in [2.24, 2.45) is 4.99 Å². The van der Waals surface area contributed by atoms with Gasteiger partial charge in [0.15, 0.2) is 5.96 Å². The molecule has 3 rings (SSSR count). The monoisotopic (exact) mass is 434 g/mol. The van der Waals surface area contributed by atoms with Gasteiger partial charge in [-0.25, -0.2) is 17.5 Å². The molecule has 1 saturated heterocycles. The first kappa shape index (κ1) is 22.0. The lowest BCUT2D eigenvalue weighted by Crippen LogP contribution is -2.52. The Kier molecular flexibility index (Phi) is 7.58. The zero-order valence-electron chi connectivity index (χ0n) is 17.0. The van der Waals surface area contributed by atoms with Crippen molar-refractivity contribution in [3.8, 4) is 0 Å². The Hall–Kier alpha value is -2.72. The molecule has 8 nitrogen and oxygen atoms in total. The van der Waals surface area contributed by atoms with Crippen molar-refractivity contribution in [3.05, 3.63) is 54.6 Å². The molecular weight excluding hydrogens is 407 g/mol. The Morgan fingerprint density at radius 1 is 1.17 bits per heavy atom. The first-order valence-corrected chi connectivity index (χ1v) is 11.4. The minimum Gasteiger partial charge on any atom is -0.368 e. The van der Waals surface area contributed by atoms with Gasteiger partial charge in [-0.15, -0.1) is 0 Å². The van der Waals surface area contributed by atoms with Crippen LogP contribution in [0.25, 0.3) is 0 Å². The van der Waals surface area contributed by atoms with Crippen LogP contribution in [0.3, 0.4) is 0 Å². The van der Waals surface area contributed by atoms with Gasteiger partial charge in [0.25, 0.3) is 0 Å². The molecule has 1 aliphatic heterocycles. The van der Waals surface area contributed by atoms with Gasteiger partial charge in [-0.05, 0) is 43.3 Å². The van der Waals surface area contributed by atoms with Gasteiger partial charge in [-0.3, -0.25) is 9.98 Å². The van der Waals surface area contributed by atoms with Crippen LogP contribution in [0.4, 0.5) is 10.1 Å². The first-order valence-electron chi connectivity index (χ1n) is 9.93. The number of nitrogens with one attached hydrogen (secondary N) is 2. The number of aliphatic imine (C=N–C) groups is 1. The Bertz CT molecular complexity index is 930. The minimum absolute atomic E-state index is 0.137. The van der Waals surface area contributed by atoms with Gasteiger partial charge in [0.2, 0.25) is 10.0 Å². The summed E-state index contributed by atoms with van der Waals surface area (Å²) in [6, 6.07) is 9.61. The van der Waals surface area contributed by atoms with Gasteiger partial charge in [-0.1, -0.05) is 0 Å².